The van der Waals surface area contributed by atoms with Gasteiger partial charge in [0.15, 0.2) is 23.0 Å². The van der Waals surface area contributed by atoms with Crippen molar-refractivity contribution >= 4 is 40.8 Å². The molecular weight excluding hydrogens is 545 g/mol. The molecule has 0 saturated heterocycles. The lowest BCUT2D eigenvalue weighted by atomic mass is 10.1. The summed E-state index contributed by atoms with van der Waals surface area (Å²) < 4.78 is 53.5. The van der Waals surface area contributed by atoms with E-state index in [0.29, 0.717) is 0 Å². The van der Waals surface area contributed by atoms with E-state index in [0.717, 1.165) is 24.3 Å². The van der Waals surface area contributed by atoms with Gasteiger partial charge in [0.2, 0.25) is 0 Å². The molecule has 17 heteroatoms. The summed E-state index contributed by atoms with van der Waals surface area (Å²) in [4.78, 5) is 55.8. The van der Waals surface area contributed by atoms with Crippen molar-refractivity contribution in [3.8, 4) is 11.4 Å². The van der Waals surface area contributed by atoms with Crippen LogP contribution in [0.3, 0.4) is 0 Å². The van der Waals surface area contributed by atoms with Crippen molar-refractivity contribution in [3.63, 3.8) is 0 Å². The van der Waals surface area contributed by atoms with Gasteiger partial charge in [-0.05, 0) is 53.7 Å². The van der Waals surface area contributed by atoms with Crippen molar-refractivity contribution in [1.82, 2.24) is 19.7 Å². The topological polar surface area (TPSA) is 180 Å². The lowest BCUT2D eigenvalue weighted by Gasteiger charge is -2.27. The lowest BCUT2D eigenvalue weighted by molar-refractivity contribution is -0.384. The fraction of sp³-hybridized carbons (Fsp3) is 0.391. The van der Waals surface area contributed by atoms with Gasteiger partial charge in [0.1, 0.15) is 11.2 Å². The van der Waals surface area contributed by atoms with Crippen LogP contribution in [0.5, 0.6) is 0 Å². The highest BCUT2D eigenvalue weighted by Crippen LogP contribution is 2.39. The molecule has 0 atom stereocenters. The van der Waals surface area contributed by atoms with Gasteiger partial charge in [-0.15, -0.1) is 9.78 Å². The van der Waals surface area contributed by atoms with Crippen molar-refractivity contribution in [1.29, 1.82) is 0 Å². The van der Waals surface area contributed by atoms with Crippen molar-refractivity contribution in [2.45, 2.75) is 58.9 Å². The number of anilines is 1. The first kappa shape index (κ1) is 29.7. The number of carbonyl (C=O) groups excluding carboxylic acids is 2. The van der Waals surface area contributed by atoms with Gasteiger partial charge in [-0.25, -0.2) is 24.4 Å². The zero-order chi connectivity index (χ0) is 30.4. The van der Waals surface area contributed by atoms with Crippen LogP contribution in [0, 0.1) is 10.1 Å². The third kappa shape index (κ3) is 6.41. The number of aromatic nitrogens is 4. The van der Waals surface area contributed by atoms with Gasteiger partial charge in [0, 0.05) is 17.7 Å². The Hall–Kier alpha value is -4.83. The van der Waals surface area contributed by atoms with Crippen LogP contribution >= 0.6 is 0 Å². The van der Waals surface area contributed by atoms with Crippen molar-refractivity contribution in [2.24, 2.45) is 0 Å². The molecule has 1 N–H and O–H groups in total. The molecule has 2 heterocycles. The zero-order valence-electron chi connectivity index (χ0n) is 21.9. The molecule has 0 aliphatic heterocycles. The number of nitro groups is 1. The number of amides is 2. The van der Waals surface area contributed by atoms with Crippen molar-refractivity contribution in [3.05, 3.63) is 40.1 Å². The van der Waals surface area contributed by atoms with Crippen LogP contribution in [0.15, 0.2) is 24.3 Å². The number of nitrogens with zero attached hydrogens (tertiary/aromatic N) is 6. The van der Waals surface area contributed by atoms with Crippen molar-refractivity contribution < 1.29 is 47.1 Å². The molecule has 3 aromatic rings. The fourth-order valence-electron chi connectivity index (χ4n) is 3.22. The number of carbonyl (C=O) groups is 3. The largest absolute Gasteiger partial charge is 0.463 e. The zero-order valence-corrected chi connectivity index (χ0v) is 21.9. The van der Waals surface area contributed by atoms with Crippen LogP contribution in [-0.4, -0.2) is 59.3 Å². The van der Waals surface area contributed by atoms with E-state index in [1.165, 1.54) is 41.5 Å². The number of benzene rings is 1. The molecule has 0 bridgehead atoms. The average molecular weight is 568 g/mol. The molecular formula is C23H23F3N6O8. The van der Waals surface area contributed by atoms with Gasteiger partial charge in [0.05, 0.1) is 10.3 Å². The molecule has 0 aliphatic rings. The minimum Gasteiger partial charge on any atom is -0.463 e. The predicted octanol–water partition coefficient (Wildman–Crippen LogP) is 5.62. The normalized spacial score (nSPS) is 12.2. The highest BCUT2D eigenvalue weighted by Gasteiger charge is 2.43. The monoisotopic (exact) mass is 568 g/mol. The van der Waals surface area contributed by atoms with Gasteiger partial charge in [0.25, 0.3) is 5.69 Å². The minimum atomic E-state index is -5.29. The Balaban J connectivity index is 2.40. The Kier molecular flexibility index (Phi) is 7.47. The number of hydrogen-bond acceptors (Lipinski definition) is 10. The molecule has 2 aromatic heterocycles. The first-order chi connectivity index (χ1) is 18.2. The number of halogens is 3. The van der Waals surface area contributed by atoms with Crippen molar-refractivity contribution in [2.75, 3.05) is 4.90 Å². The third-order valence-corrected chi connectivity index (χ3v) is 4.66. The Morgan fingerprint density at radius 1 is 0.950 bits per heavy atom. The summed E-state index contributed by atoms with van der Waals surface area (Å²) in [5, 5.41) is 23.1. The van der Waals surface area contributed by atoms with Crippen LogP contribution in [0.2, 0.25) is 0 Å². The van der Waals surface area contributed by atoms with E-state index < -0.39 is 69.0 Å². The van der Waals surface area contributed by atoms with Crippen LogP contribution in [-0.2, 0) is 15.7 Å². The summed E-state index contributed by atoms with van der Waals surface area (Å²) in [6, 6.07) is 4.11. The second-order valence-electron chi connectivity index (χ2n) is 10.2. The second-order valence-corrected chi connectivity index (χ2v) is 10.2. The highest BCUT2D eigenvalue weighted by molar-refractivity contribution is 6.14. The Bertz CT molecular complexity index is 1480. The second kappa shape index (κ2) is 10.0. The predicted molar refractivity (Wildman–Crippen MR) is 131 cm³/mol. The molecule has 1 aromatic carbocycles. The summed E-state index contributed by atoms with van der Waals surface area (Å²) in [5.41, 5.74) is -5.66. The fourth-order valence-corrected chi connectivity index (χ4v) is 3.22. The number of ether oxygens (including phenoxy) is 2. The van der Waals surface area contributed by atoms with Gasteiger partial charge in [-0.3, -0.25) is 10.1 Å². The van der Waals surface area contributed by atoms with Gasteiger partial charge in [-0.2, -0.15) is 18.1 Å². The van der Waals surface area contributed by atoms with Crippen LogP contribution in [0.25, 0.3) is 22.4 Å². The van der Waals surface area contributed by atoms with E-state index in [-0.39, 0.29) is 20.8 Å². The third-order valence-electron chi connectivity index (χ3n) is 4.66. The van der Waals surface area contributed by atoms with Crippen LogP contribution < -0.4 is 4.90 Å². The molecule has 0 fully saturated rings. The Labute approximate surface area is 223 Å². The standard InChI is InChI=1S/C23H23F3N6O8/c1-21(2,3)39-19(35)30(20(36)40-22(4,5)6)17-13-14(23(24,25)26)27-15(28-16(13)31(29-17)18(33)34)11-7-9-12(10-8-11)32(37)38/h7-10H,1-6H3,(H,33,34). The van der Waals surface area contributed by atoms with Crippen LogP contribution in [0.4, 0.5) is 39.1 Å². The molecule has 214 valence electrons. The Morgan fingerprint density at radius 3 is 1.85 bits per heavy atom. The molecule has 2 amide bonds. The molecule has 0 radical (unpaired) electrons. The van der Waals surface area contributed by atoms with Gasteiger partial charge >= 0.3 is 24.5 Å². The molecule has 0 aliphatic carbocycles. The molecule has 14 nitrogen and oxygen atoms in total. The van der Waals surface area contributed by atoms with E-state index in [9.17, 15) is 42.8 Å². The van der Waals surface area contributed by atoms with Crippen LogP contribution in [0.1, 0.15) is 47.2 Å². The molecule has 0 unspecified atom stereocenters. The van der Waals surface area contributed by atoms with E-state index >= 15 is 0 Å². The quantitative estimate of drug-likeness (QED) is 0.306. The highest BCUT2D eigenvalue weighted by atomic mass is 19.4. The summed E-state index contributed by atoms with van der Waals surface area (Å²) in [6.07, 6.45) is -10.2. The smallest absolute Gasteiger partial charge is 0.434 e. The number of nitro benzene ring substituents is 1. The van der Waals surface area contributed by atoms with E-state index in [2.05, 4.69) is 15.1 Å². The summed E-state index contributed by atoms with van der Waals surface area (Å²) in [6.45, 7) is 8.54. The average Bonchev–Trinajstić information content (AvgIpc) is 3.15. The summed E-state index contributed by atoms with van der Waals surface area (Å²) in [7, 11) is 0. The molecule has 0 saturated carbocycles. The molecule has 40 heavy (non-hydrogen) atoms. The molecule has 0 spiro atoms. The number of imide groups is 1. The first-order valence-electron chi connectivity index (χ1n) is 11.3. The molecule has 3 rings (SSSR count). The number of hydrogen-bond donors (Lipinski definition) is 1. The number of fused-ring (bicyclic) bond motifs is 1. The maximum absolute atomic E-state index is 14.4. The number of non-ortho nitro benzene ring substituents is 1. The van der Waals surface area contributed by atoms with E-state index in [1.54, 1.807) is 0 Å². The lowest BCUT2D eigenvalue weighted by Crippen LogP contribution is -2.44. The minimum absolute atomic E-state index is 0.0260. The van der Waals surface area contributed by atoms with Gasteiger partial charge < -0.3 is 14.6 Å². The maximum Gasteiger partial charge on any atom is 0.434 e. The summed E-state index contributed by atoms with van der Waals surface area (Å²) in [5.74, 6) is -1.77. The first-order valence-corrected chi connectivity index (χ1v) is 11.3. The number of rotatable bonds is 3. The Morgan fingerprint density at radius 2 is 1.45 bits per heavy atom. The maximum atomic E-state index is 14.4. The van der Waals surface area contributed by atoms with E-state index in [4.69, 9.17) is 9.47 Å². The number of carboxylic acid groups (broad SMARTS) is 1. The van der Waals surface area contributed by atoms with Gasteiger partial charge in [-0.1, -0.05) is 0 Å². The summed E-state index contributed by atoms with van der Waals surface area (Å²) >= 11 is 0. The van der Waals surface area contributed by atoms with E-state index in [1.807, 2.05) is 0 Å². The SMILES string of the molecule is CC(C)(C)OC(=O)N(C(=O)OC(C)(C)C)c1nn(C(=O)O)c2nc(-c3ccc([N+](=O)[O-])cc3)nc(C(F)(F)F)c12. The number of alkyl halides is 3.